The van der Waals surface area contributed by atoms with E-state index in [1.807, 2.05) is 0 Å². The van der Waals surface area contributed by atoms with Gasteiger partial charge in [-0.25, -0.2) is 0 Å². The maximum Gasteiger partial charge on any atom is 0.257 e. The molecule has 1 aromatic heterocycles. The fourth-order valence-electron chi connectivity index (χ4n) is 2.23. The minimum atomic E-state index is -0.410. The fraction of sp³-hybridized carbons (Fsp3) is 0.263. The van der Waals surface area contributed by atoms with Crippen LogP contribution in [0.25, 0.3) is 0 Å². The van der Waals surface area contributed by atoms with Crippen LogP contribution in [-0.2, 0) is 4.74 Å². The van der Waals surface area contributed by atoms with E-state index in [1.165, 1.54) is 25.4 Å². The first-order valence-electron chi connectivity index (χ1n) is 8.16. The van der Waals surface area contributed by atoms with Gasteiger partial charge in [-0.15, -0.1) is 0 Å². The van der Waals surface area contributed by atoms with Crippen molar-refractivity contribution in [2.24, 2.45) is 0 Å². The quantitative estimate of drug-likeness (QED) is 0.559. The predicted molar refractivity (Wildman–Crippen MR) is 97.5 cm³/mol. The molecule has 0 unspecified atom stereocenters. The molecular formula is C19H21N3O4. The summed E-state index contributed by atoms with van der Waals surface area (Å²) in [5.41, 5.74) is 1.55. The zero-order valence-corrected chi connectivity index (χ0v) is 14.7. The predicted octanol–water partition coefficient (Wildman–Crippen LogP) is 2.30. The van der Waals surface area contributed by atoms with Crippen LogP contribution < -0.4 is 10.6 Å². The monoisotopic (exact) mass is 355 g/mol. The summed E-state index contributed by atoms with van der Waals surface area (Å²) in [6, 6.07) is 8.12. The van der Waals surface area contributed by atoms with Gasteiger partial charge in [-0.05, 0) is 31.5 Å². The summed E-state index contributed by atoms with van der Waals surface area (Å²) in [5.74, 6) is -0.802. The number of methoxy groups -OCH3 is 1. The average molecular weight is 355 g/mol. The second kappa shape index (κ2) is 9.43. The van der Waals surface area contributed by atoms with Crippen molar-refractivity contribution in [2.45, 2.75) is 13.3 Å². The summed E-state index contributed by atoms with van der Waals surface area (Å²) in [6.45, 7) is 2.49. The molecule has 0 spiro atoms. The highest BCUT2D eigenvalue weighted by molar-refractivity contribution is 6.06. The van der Waals surface area contributed by atoms with Gasteiger partial charge in [-0.1, -0.05) is 12.1 Å². The van der Waals surface area contributed by atoms with Crippen LogP contribution in [0.4, 0.5) is 5.69 Å². The molecule has 0 aliphatic rings. The Kier molecular flexibility index (Phi) is 6.99. The molecule has 2 N–H and O–H groups in total. The number of anilines is 1. The number of ether oxygens (including phenoxy) is 1. The van der Waals surface area contributed by atoms with Crippen molar-refractivity contribution >= 4 is 23.3 Å². The summed E-state index contributed by atoms with van der Waals surface area (Å²) in [7, 11) is 1.60. The van der Waals surface area contributed by atoms with Gasteiger partial charge in [0.2, 0.25) is 0 Å². The first-order chi connectivity index (χ1) is 12.5. The van der Waals surface area contributed by atoms with E-state index in [1.54, 1.807) is 31.4 Å². The summed E-state index contributed by atoms with van der Waals surface area (Å²) in [4.78, 5) is 39.9. The highest BCUT2D eigenvalue weighted by Gasteiger charge is 2.12. The van der Waals surface area contributed by atoms with Gasteiger partial charge in [0.05, 0.1) is 11.1 Å². The number of amides is 2. The van der Waals surface area contributed by atoms with Crippen LogP contribution in [0.15, 0.2) is 42.7 Å². The summed E-state index contributed by atoms with van der Waals surface area (Å²) in [5, 5.41) is 5.44. The Hall–Kier alpha value is -3.06. The Morgan fingerprint density at radius 1 is 1.04 bits per heavy atom. The van der Waals surface area contributed by atoms with Gasteiger partial charge in [0, 0.05) is 43.9 Å². The molecule has 26 heavy (non-hydrogen) atoms. The van der Waals surface area contributed by atoms with Crippen molar-refractivity contribution in [3.8, 4) is 0 Å². The average Bonchev–Trinajstić information content (AvgIpc) is 2.65. The van der Waals surface area contributed by atoms with Crippen molar-refractivity contribution in [1.29, 1.82) is 0 Å². The van der Waals surface area contributed by atoms with Gasteiger partial charge < -0.3 is 15.4 Å². The lowest BCUT2D eigenvalue weighted by Crippen LogP contribution is -2.25. The van der Waals surface area contributed by atoms with Gasteiger partial charge in [-0.3, -0.25) is 19.4 Å². The number of nitrogens with zero attached hydrogens (tertiary/aromatic N) is 1. The zero-order valence-electron chi connectivity index (χ0n) is 14.7. The number of nitrogens with one attached hydrogen (secondary N) is 2. The van der Waals surface area contributed by atoms with Crippen molar-refractivity contribution in [3.05, 3.63) is 59.4 Å². The number of hydrogen-bond acceptors (Lipinski definition) is 5. The minimum absolute atomic E-state index is 0.0880. The Morgan fingerprint density at radius 2 is 1.77 bits per heavy atom. The Bertz CT molecular complexity index is 805. The van der Waals surface area contributed by atoms with Crippen LogP contribution >= 0.6 is 0 Å². The summed E-state index contributed by atoms with van der Waals surface area (Å²) < 4.78 is 4.92. The minimum Gasteiger partial charge on any atom is -0.385 e. The molecular weight excluding hydrogens is 334 g/mol. The number of pyridine rings is 1. The molecule has 0 fully saturated rings. The van der Waals surface area contributed by atoms with Gasteiger partial charge in [0.1, 0.15) is 0 Å². The molecule has 0 saturated carbocycles. The number of benzene rings is 1. The third kappa shape index (κ3) is 5.49. The number of aromatic nitrogens is 1. The maximum atomic E-state index is 12.4. The second-order valence-electron chi connectivity index (χ2n) is 5.66. The third-order valence-corrected chi connectivity index (χ3v) is 3.60. The molecule has 0 radical (unpaired) electrons. The number of hydrogen-bond donors (Lipinski definition) is 2. The molecule has 2 amide bonds. The van der Waals surface area contributed by atoms with Crippen LogP contribution in [0.1, 0.15) is 44.4 Å². The second-order valence-corrected chi connectivity index (χ2v) is 5.66. The van der Waals surface area contributed by atoms with E-state index < -0.39 is 5.91 Å². The third-order valence-electron chi connectivity index (χ3n) is 3.60. The van der Waals surface area contributed by atoms with Crippen LogP contribution in [-0.4, -0.2) is 42.8 Å². The molecule has 0 bridgehead atoms. The molecule has 0 atom stereocenters. The molecule has 2 rings (SSSR count). The zero-order chi connectivity index (χ0) is 18.9. The summed E-state index contributed by atoms with van der Waals surface area (Å²) in [6.07, 6.45) is 3.48. The number of carbonyl (C=O) groups excluding carboxylic acids is 3. The first kappa shape index (κ1) is 19.3. The lowest BCUT2D eigenvalue weighted by Gasteiger charge is -2.08. The van der Waals surface area contributed by atoms with E-state index in [0.717, 1.165) is 0 Å². The standard InChI is InChI=1S/C19H21N3O4/c1-13(23)14-5-3-6-17(10-14)22-19(25)16-9-15(11-20-12-16)18(24)21-7-4-8-26-2/h3,5-6,9-12H,4,7-8H2,1-2H3,(H,21,24)(H,22,25). The van der Waals surface area contributed by atoms with Crippen molar-refractivity contribution in [3.63, 3.8) is 0 Å². The van der Waals surface area contributed by atoms with Crippen LogP contribution in [0.5, 0.6) is 0 Å². The number of rotatable bonds is 8. The van der Waals surface area contributed by atoms with E-state index in [9.17, 15) is 14.4 Å². The van der Waals surface area contributed by atoms with Gasteiger partial charge >= 0.3 is 0 Å². The number of Topliss-reactive ketones (excluding diaryl/α,β-unsaturated/α-hetero) is 1. The normalized spacial score (nSPS) is 10.2. The van der Waals surface area contributed by atoms with Gasteiger partial charge in [0.25, 0.3) is 11.8 Å². The van der Waals surface area contributed by atoms with E-state index in [0.29, 0.717) is 36.4 Å². The highest BCUT2D eigenvalue weighted by Crippen LogP contribution is 2.13. The smallest absolute Gasteiger partial charge is 0.257 e. The van der Waals surface area contributed by atoms with E-state index in [-0.39, 0.29) is 17.3 Å². The molecule has 0 saturated heterocycles. The van der Waals surface area contributed by atoms with E-state index >= 15 is 0 Å². The molecule has 0 aliphatic carbocycles. The maximum absolute atomic E-state index is 12.4. The molecule has 0 aliphatic heterocycles. The molecule has 136 valence electrons. The van der Waals surface area contributed by atoms with Crippen LogP contribution in [0.3, 0.4) is 0 Å². The fourth-order valence-corrected chi connectivity index (χ4v) is 2.23. The van der Waals surface area contributed by atoms with Gasteiger partial charge in [-0.2, -0.15) is 0 Å². The topological polar surface area (TPSA) is 97.4 Å². The van der Waals surface area contributed by atoms with Crippen LogP contribution in [0, 0.1) is 0 Å². The van der Waals surface area contributed by atoms with Crippen molar-refractivity contribution in [2.75, 3.05) is 25.6 Å². The molecule has 7 heteroatoms. The lowest BCUT2D eigenvalue weighted by molar-refractivity contribution is 0.0947. The molecule has 1 aromatic carbocycles. The highest BCUT2D eigenvalue weighted by atomic mass is 16.5. The van der Waals surface area contributed by atoms with E-state index in [4.69, 9.17) is 4.74 Å². The Balaban J connectivity index is 2.04. The van der Waals surface area contributed by atoms with E-state index in [2.05, 4.69) is 15.6 Å². The molecule has 7 nitrogen and oxygen atoms in total. The number of ketones is 1. The number of carbonyl (C=O) groups is 3. The first-order valence-corrected chi connectivity index (χ1v) is 8.16. The lowest BCUT2D eigenvalue weighted by atomic mass is 10.1. The Labute approximate surface area is 151 Å². The largest absolute Gasteiger partial charge is 0.385 e. The van der Waals surface area contributed by atoms with Crippen molar-refractivity contribution in [1.82, 2.24) is 10.3 Å². The Morgan fingerprint density at radius 3 is 2.46 bits per heavy atom. The molecule has 1 heterocycles. The van der Waals surface area contributed by atoms with Crippen LogP contribution in [0.2, 0.25) is 0 Å². The summed E-state index contributed by atoms with van der Waals surface area (Å²) >= 11 is 0. The molecule has 2 aromatic rings. The van der Waals surface area contributed by atoms with Gasteiger partial charge in [0.15, 0.2) is 5.78 Å². The van der Waals surface area contributed by atoms with Crippen molar-refractivity contribution < 1.29 is 19.1 Å². The SMILES string of the molecule is COCCCNC(=O)c1cncc(C(=O)Nc2cccc(C(C)=O)c2)c1.